The van der Waals surface area contributed by atoms with Crippen molar-refractivity contribution >= 4 is 23.7 Å². The SMILES string of the molecule is CCSC1OC(CF)[C@H](OC(C)=O)[C@H](OC(C)=O)[C@H]1C. The van der Waals surface area contributed by atoms with Gasteiger partial charge in [0, 0.05) is 19.8 Å². The second kappa shape index (κ2) is 7.83. The zero-order chi connectivity index (χ0) is 15.3. The first kappa shape index (κ1) is 17.2. The maximum Gasteiger partial charge on any atom is 0.303 e. The van der Waals surface area contributed by atoms with E-state index < -0.39 is 36.9 Å². The van der Waals surface area contributed by atoms with Gasteiger partial charge in [-0.15, -0.1) is 11.8 Å². The van der Waals surface area contributed by atoms with Gasteiger partial charge in [0.25, 0.3) is 0 Å². The summed E-state index contributed by atoms with van der Waals surface area (Å²) in [5.41, 5.74) is -0.295. The van der Waals surface area contributed by atoms with Gasteiger partial charge in [0.2, 0.25) is 0 Å². The predicted molar refractivity (Wildman–Crippen MR) is 73.0 cm³/mol. The number of thioether (sulfide) groups is 1. The highest BCUT2D eigenvalue weighted by molar-refractivity contribution is 7.99. The molecular weight excluding hydrogens is 287 g/mol. The summed E-state index contributed by atoms with van der Waals surface area (Å²) in [5, 5.41) is 0. The van der Waals surface area contributed by atoms with Gasteiger partial charge in [0.15, 0.2) is 6.10 Å². The van der Waals surface area contributed by atoms with Crippen molar-refractivity contribution < 1.29 is 28.2 Å². The Morgan fingerprint density at radius 3 is 2.20 bits per heavy atom. The van der Waals surface area contributed by atoms with Gasteiger partial charge in [0.1, 0.15) is 24.3 Å². The maximum atomic E-state index is 13.2. The van der Waals surface area contributed by atoms with Crippen LogP contribution in [0.4, 0.5) is 4.39 Å². The van der Waals surface area contributed by atoms with E-state index in [1.807, 2.05) is 13.8 Å². The Bertz CT molecular complexity index is 352. The van der Waals surface area contributed by atoms with Crippen molar-refractivity contribution in [3.05, 3.63) is 0 Å². The minimum Gasteiger partial charge on any atom is -0.458 e. The Hall–Kier alpha value is -0.820. The minimum absolute atomic E-state index is 0.198. The fraction of sp³-hybridized carbons (Fsp3) is 0.846. The van der Waals surface area contributed by atoms with E-state index in [1.165, 1.54) is 25.6 Å². The number of alkyl halides is 1. The predicted octanol–water partition coefficient (Wildman–Crippen LogP) is 1.93. The minimum atomic E-state index is -0.913. The highest BCUT2D eigenvalue weighted by Crippen LogP contribution is 2.35. The molecule has 1 fully saturated rings. The molecule has 1 saturated heterocycles. The van der Waals surface area contributed by atoms with Crippen LogP contribution in [0.1, 0.15) is 27.7 Å². The Morgan fingerprint density at radius 1 is 1.20 bits per heavy atom. The van der Waals surface area contributed by atoms with Crippen LogP contribution in [0.3, 0.4) is 0 Å². The lowest BCUT2D eigenvalue weighted by Crippen LogP contribution is -2.56. The third-order valence-electron chi connectivity index (χ3n) is 3.03. The number of hydrogen-bond donors (Lipinski definition) is 0. The van der Waals surface area contributed by atoms with Crippen LogP contribution in [0, 0.1) is 5.92 Å². The van der Waals surface area contributed by atoms with Crippen LogP contribution < -0.4 is 0 Å². The van der Waals surface area contributed by atoms with Crippen molar-refractivity contribution in [3.8, 4) is 0 Å². The largest absolute Gasteiger partial charge is 0.458 e. The third-order valence-corrected chi connectivity index (χ3v) is 4.24. The van der Waals surface area contributed by atoms with E-state index >= 15 is 0 Å². The molecule has 0 N–H and O–H groups in total. The number of ether oxygens (including phenoxy) is 3. The monoisotopic (exact) mass is 308 g/mol. The van der Waals surface area contributed by atoms with Gasteiger partial charge < -0.3 is 14.2 Å². The van der Waals surface area contributed by atoms with E-state index in [0.29, 0.717) is 0 Å². The van der Waals surface area contributed by atoms with Gasteiger partial charge in [-0.1, -0.05) is 13.8 Å². The van der Waals surface area contributed by atoms with E-state index in [4.69, 9.17) is 14.2 Å². The summed E-state index contributed by atoms with van der Waals surface area (Å²) >= 11 is 1.51. The lowest BCUT2D eigenvalue weighted by atomic mass is 9.93. The number of halogens is 1. The smallest absolute Gasteiger partial charge is 0.303 e. The molecule has 0 spiro atoms. The van der Waals surface area contributed by atoms with Crippen LogP contribution >= 0.6 is 11.8 Å². The Morgan fingerprint density at radius 2 is 1.75 bits per heavy atom. The van der Waals surface area contributed by atoms with Crippen LogP contribution in [0.5, 0.6) is 0 Å². The molecule has 5 nitrogen and oxygen atoms in total. The maximum absolute atomic E-state index is 13.2. The van der Waals surface area contributed by atoms with Crippen LogP contribution in [0.15, 0.2) is 0 Å². The molecule has 1 aliphatic heterocycles. The molecule has 2 unspecified atom stereocenters. The fourth-order valence-corrected chi connectivity index (χ4v) is 3.23. The molecule has 0 saturated carbocycles. The zero-order valence-electron chi connectivity index (χ0n) is 12.1. The van der Waals surface area contributed by atoms with E-state index in [9.17, 15) is 14.0 Å². The summed E-state index contributed by atoms with van der Waals surface area (Å²) in [6, 6.07) is 0. The van der Waals surface area contributed by atoms with Crippen molar-refractivity contribution in [2.45, 2.75) is 51.4 Å². The quantitative estimate of drug-likeness (QED) is 0.723. The van der Waals surface area contributed by atoms with Crippen molar-refractivity contribution in [1.29, 1.82) is 0 Å². The molecule has 1 heterocycles. The first-order valence-electron chi connectivity index (χ1n) is 6.58. The first-order valence-corrected chi connectivity index (χ1v) is 7.63. The summed E-state index contributed by atoms with van der Waals surface area (Å²) < 4.78 is 29.2. The van der Waals surface area contributed by atoms with E-state index in [0.717, 1.165) is 5.75 Å². The van der Waals surface area contributed by atoms with Crippen LogP contribution in [0.25, 0.3) is 0 Å². The standard InChI is InChI=1S/C13H21FO5S/c1-5-20-13-7(2)11(17-8(3)15)12(18-9(4)16)10(6-14)19-13/h7,10-13H,5-6H2,1-4H3/t7-,10?,11-,12+,13?/m1/s1. The van der Waals surface area contributed by atoms with Gasteiger partial charge in [0.05, 0.1) is 0 Å². The fourth-order valence-electron chi connectivity index (χ4n) is 2.22. The van der Waals surface area contributed by atoms with E-state index in [-0.39, 0.29) is 11.4 Å². The zero-order valence-corrected chi connectivity index (χ0v) is 12.9. The van der Waals surface area contributed by atoms with Gasteiger partial charge in [-0.3, -0.25) is 9.59 Å². The molecule has 1 aliphatic rings. The number of hydrogen-bond acceptors (Lipinski definition) is 6. The Balaban J connectivity index is 2.96. The summed E-state index contributed by atoms with van der Waals surface area (Å²) in [6.45, 7) is 5.51. The van der Waals surface area contributed by atoms with Gasteiger partial charge in [-0.05, 0) is 5.75 Å². The van der Waals surface area contributed by atoms with Crippen molar-refractivity contribution in [1.82, 2.24) is 0 Å². The molecular formula is C13H21FO5S. The molecule has 5 atom stereocenters. The molecule has 0 aliphatic carbocycles. The first-order chi connectivity index (χ1) is 9.40. The number of rotatable bonds is 5. The number of carbonyl (C=O) groups excluding carboxylic acids is 2. The van der Waals surface area contributed by atoms with Crippen molar-refractivity contribution in [2.75, 3.05) is 12.4 Å². The van der Waals surface area contributed by atoms with Crippen LogP contribution in [-0.2, 0) is 23.8 Å². The van der Waals surface area contributed by atoms with Gasteiger partial charge >= 0.3 is 11.9 Å². The summed E-state index contributed by atoms with van der Waals surface area (Å²) in [7, 11) is 0. The number of carbonyl (C=O) groups is 2. The third kappa shape index (κ3) is 4.34. The lowest BCUT2D eigenvalue weighted by molar-refractivity contribution is -0.212. The average molecular weight is 308 g/mol. The van der Waals surface area contributed by atoms with E-state index in [1.54, 1.807) is 0 Å². The van der Waals surface area contributed by atoms with Gasteiger partial charge in [-0.2, -0.15) is 0 Å². The molecule has 0 aromatic heterocycles. The highest BCUT2D eigenvalue weighted by Gasteiger charge is 2.47. The topological polar surface area (TPSA) is 61.8 Å². The molecule has 0 aromatic rings. The van der Waals surface area contributed by atoms with Gasteiger partial charge in [-0.25, -0.2) is 4.39 Å². The lowest BCUT2D eigenvalue weighted by Gasteiger charge is -2.43. The second-order valence-corrected chi connectivity index (χ2v) is 6.04. The molecule has 0 radical (unpaired) electrons. The normalized spacial score (nSPS) is 33.5. The molecule has 0 amide bonds. The summed E-state index contributed by atoms with van der Waals surface area (Å²) in [4.78, 5) is 22.4. The van der Waals surface area contributed by atoms with Crippen LogP contribution in [0.2, 0.25) is 0 Å². The molecule has 7 heteroatoms. The number of esters is 2. The molecule has 116 valence electrons. The second-order valence-electron chi connectivity index (χ2n) is 4.66. The molecule has 1 rings (SSSR count). The van der Waals surface area contributed by atoms with Crippen LogP contribution in [-0.4, -0.2) is 48.1 Å². The summed E-state index contributed by atoms with van der Waals surface area (Å²) in [6.07, 6.45) is -2.52. The molecule has 0 aromatic carbocycles. The highest BCUT2D eigenvalue weighted by atomic mass is 32.2. The Labute approximate surface area is 122 Å². The summed E-state index contributed by atoms with van der Waals surface area (Å²) in [5.74, 6) is -0.447. The van der Waals surface area contributed by atoms with Crippen molar-refractivity contribution in [2.24, 2.45) is 5.92 Å². The average Bonchev–Trinajstić information content (AvgIpc) is 2.36. The Kier molecular flexibility index (Phi) is 6.75. The molecule has 20 heavy (non-hydrogen) atoms. The van der Waals surface area contributed by atoms with E-state index in [2.05, 4.69) is 0 Å². The van der Waals surface area contributed by atoms with Crippen molar-refractivity contribution in [3.63, 3.8) is 0 Å². The molecule has 0 bridgehead atoms.